The van der Waals surface area contributed by atoms with Crippen molar-refractivity contribution in [3.05, 3.63) is 40.1 Å². The maximum absolute atomic E-state index is 10.7. The highest BCUT2D eigenvalue weighted by Crippen LogP contribution is 2.23. The Bertz CT molecular complexity index is 562. The first-order chi connectivity index (χ1) is 8.16. The second kappa shape index (κ2) is 5.04. The fraction of sp³-hybridized carbons (Fsp3) is 0. The van der Waals surface area contributed by atoms with Crippen LogP contribution in [0.4, 0.5) is 0 Å². The minimum absolute atomic E-state index is 0.0616. The first kappa shape index (κ1) is 11.7. The number of carbonyl (C=O) groups is 1. The van der Waals surface area contributed by atoms with Crippen molar-refractivity contribution in [3.63, 3.8) is 0 Å². The first-order valence-electron chi connectivity index (χ1n) is 4.48. The smallest absolute Gasteiger partial charge is 0.337 e. The summed E-state index contributed by atoms with van der Waals surface area (Å²) < 4.78 is 6.14. The molecule has 0 aliphatic carbocycles. The average molecular weight is 343 g/mol. The third kappa shape index (κ3) is 2.87. The number of aromatic carboxylic acids is 1. The van der Waals surface area contributed by atoms with Crippen LogP contribution in [0.1, 0.15) is 10.4 Å². The van der Waals surface area contributed by atoms with Gasteiger partial charge < -0.3 is 9.84 Å². The quantitative estimate of drug-likeness (QED) is 0.858. The lowest BCUT2D eigenvalue weighted by molar-refractivity contribution is 0.0696. The van der Waals surface area contributed by atoms with Crippen molar-refractivity contribution in [1.29, 1.82) is 0 Å². The predicted octanol–water partition coefficient (Wildman–Crippen LogP) is 1.97. The molecule has 2 aromatic heterocycles. The van der Waals surface area contributed by atoms with Crippen LogP contribution in [-0.2, 0) is 0 Å². The Hall–Kier alpha value is -1.77. The first-order valence-corrected chi connectivity index (χ1v) is 5.56. The third-order valence-electron chi connectivity index (χ3n) is 1.81. The largest absolute Gasteiger partial charge is 0.478 e. The Morgan fingerprint density at radius 1 is 1.29 bits per heavy atom. The fourth-order valence-corrected chi connectivity index (χ4v) is 1.49. The fourth-order valence-electron chi connectivity index (χ4n) is 1.08. The third-order valence-corrected chi connectivity index (χ3v) is 2.55. The summed E-state index contributed by atoms with van der Waals surface area (Å²) in [7, 11) is 0. The molecule has 2 aromatic rings. The van der Waals surface area contributed by atoms with Crippen molar-refractivity contribution >= 4 is 28.6 Å². The van der Waals surface area contributed by atoms with E-state index in [1.807, 2.05) is 22.6 Å². The summed E-state index contributed by atoms with van der Waals surface area (Å²) in [5, 5.41) is 8.81. The van der Waals surface area contributed by atoms with Gasteiger partial charge in [-0.25, -0.2) is 14.8 Å². The highest BCUT2D eigenvalue weighted by Gasteiger charge is 2.08. The van der Waals surface area contributed by atoms with Gasteiger partial charge in [0.25, 0.3) is 0 Å². The maximum Gasteiger partial charge on any atom is 0.337 e. The number of hydrogen-bond acceptors (Lipinski definition) is 5. The van der Waals surface area contributed by atoms with Crippen LogP contribution in [0.2, 0.25) is 0 Å². The summed E-state index contributed by atoms with van der Waals surface area (Å²) in [5.74, 6) is -0.369. The molecule has 1 N–H and O–H groups in total. The molecule has 2 rings (SSSR count). The van der Waals surface area contributed by atoms with E-state index in [1.54, 1.807) is 6.20 Å². The number of carboxylic acid groups (broad SMARTS) is 1. The van der Waals surface area contributed by atoms with E-state index in [0.717, 1.165) is 3.57 Å². The topological polar surface area (TPSA) is 85.2 Å². The molecule has 0 bridgehead atoms. The number of hydrogen-bond donors (Lipinski definition) is 1. The van der Waals surface area contributed by atoms with E-state index in [0.29, 0.717) is 11.6 Å². The summed E-state index contributed by atoms with van der Waals surface area (Å²) >= 11 is 2.02. The lowest BCUT2D eigenvalue weighted by atomic mass is 10.3. The van der Waals surface area contributed by atoms with Gasteiger partial charge in [-0.05, 0) is 28.7 Å². The molecule has 6 nitrogen and oxygen atoms in total. The predicted molar refractivity (Wildman–Crippen MR) is 66.0 cm³/mol. The summed E-state index contributed by atoms with van der Waals surface area (Å²) in [6.07, 6.45) is 5.62. The van der Waals surface area contributed by atoms with Gasteiger partial charge >= 0.3 is 5.97 Å². The molecule has 0 fully saturated rings. The molecular weight excluding hydrogens is 337 g/mol. The average Bonchev–Trinajstić information content (AvgIpc) is 2.32. The van der Waals surface area contributed by atoms with Crippen molar-refractivity contribution in [2.45, 2.75) is 0 Å². The van der Waals surface area contributed by atoms with Crippen LogP contribution >= 0.6 is 22.6 Å². The van der Waals surface area contributed by atoms with Crippen LogP contribution in [-0.4, -0.2) is 26.0 Å². The van der Waals surface area contributed by atoms with Gasteiger partial charge in [0, 0.05) is 12.4 Å². The van der Waals surface area contributed by atoms with Gasteiger partial charge in [-0.2, -0.15) is 0 Å². The summed E-state index contributed by atoms with van der Waals surface area (Å²) in [6.45, 7) is 0. The molecule has 0 aromatic carbocycles. The number of nitrogens with zero attached hydrogens (tertiary/aromatic N) is 3. The number of aromatic nitrogens is 3. The van der Waals surface area contributed by atoms with E-state index >= 15 is 0 Å². The molecule has 0 amide bonds. The lowest BCUT2D eigenvalue weighted by Crippen LogP contribution is -1.98. The number of carboxylic acids is 1. The van der Waals surface area contributed by atoms with E-state index in [-0.39, 0.29) is 5.56 Å². The van der Waals surface area contributed by atoms with E-state index in [1.165, 1.54) is 24.8 Å². The van der Waals surface area contributed by atoms with Crippen LogP contribution in [0.3, 0.4) is 0 Å². The van der Waals surface area contributed by atoms with Crippen LogP contribution in [0.5, 0.6) is 11.6 Å². The molecule has 86 valence electrons. The molecule has 0 aliphatic heterocycles. The minimum Gasteiger partial charge on any atom is -0.478 e. The number of ether oxygens (including phenoxy) is 1. The van der Waals surface area contributed by atoms with Gasteiger partial charge in [-0.15, -0.1) is 0 Å². The monoisotopic (exact) mass is 343 g/mol. The second-order valence-electron chi connectivity index (χ2n) is 2.99. The van der Waals surface area contributed by atoms with Crippen molar-refractivity contribution in [2.24, 2.45) is 0 Å². The standard InChI is InChI=1S/C10H6IN3O3/c11-8-4-13-5-14-9(8)17-7-1-6(10(15)16)2-12-3-7/h1-5H,(H,15,16). The molecule has 0 atom stereocenters. The van der Waals surface area contributed by atoms with E-state index in [2.05, 4.69) is 15.0 Å². The Morgan fingerprint density at radius 2 is 2.12 bits per heavy atom. The molecular formula is C10H6IN3O3. The Kier molecular flexibility index (Phi) is 3.47. The van der Waals surface area contributed by atoms with Gasteiger partial charge in [-0.3, -0.25) is 4.98 Å². The molecule has 0 spiro atoms. The molecule has 0 saturated carbocycles. The van der Waals surface area contributed by atoms with E-state index in [4.69, 9.17) is 9.84 Å². The summed E-state index contributed by atoms with van der Waals surface area (Å²) in [4.78, 5) is 22.3. The van der Waals surface area contributed by atoms with Crippen LogP contribution in [0, 0.1) is 3.57 Å². The molecule has 7 heteroatoms. The molecule has 0 aliphatic rings. The zero-order chi connectivity index (χ0) is 12.3. The van der Waals surface area contributed by atoms with Crippen molar-refractivity contribution < 1.29 is 14.6 Å². The number of rotatable bonds is 3. The zero-order valence-electron chi connectivity index (χ0n) is 8.37. The van der Waals surface area contributed by atoms with E-state index < -0.39 is 5.97 Å². The molecule has 17 heavy (non-hydrogen) atoms. The van der Waals surface area contributed by atoms with Gasteiger partial charge in [0.05, 0.1) is 15.3 Å². The Labute approximate surface area is 110 Å². The Morgan fingerprint density at radius 3 is 2.82 bits per heavy atom. The van der Waals surface area contributed by atoms with Crippen LogP contribution in [0.15, 0.2) is 31.0 Å². The maximum atomic E-state index is 10.7. The number of pyridine rings is 1. The van der Waals surface area contributed by atoms with Gasteiger partial charge in [0.15, 0.2) is 0 Å². The SMILES string of the molecule is O=C(O)c1cncc(Oc2ncncc2I)c1. The van der Waals surface area contributed by atoms with Crippen molar-refractivity contribution in [2.75, 3.05) is 0 Å². The Balaban J connectivity index is 2.28. The van der Waals surface area contributed by atoms with E-state index in [9.17, 15) is 4.79 Å². The lowest BCUT2D eigenvalue weighted by Gasteiger charge is -2.05. The van der Waals surface area contributed by atoms with Gasteiger partial charge in [-0.1, -0.05) is 0 Å². The minimum atomic E-state index is -1.06. The molecule has 0 radical (unpaired) electrons. The summed E-state index contributed by atoms with van der Waals surface area (Å²) in [6, 6.07) is 1.38. The molecule has 0 saturated heterocycles. The molecule has 0 unspecified atom stereocenters. The van der Waals surface area contributed by atoms with Crippen LogP contribution < -0.4 is 4.74 Å². The number of halogens is 1. The zero-order valence-corrected chi connectivity index (χ0v) is 10.5. The van der Waals surface area contributed by atoms with Crippen molar-refractivity contribution in [3.8, 4) is 11.6 Å². The van der Waals surface area contributed by atoms with Gasteiger partial charge in [0.2, 0.25) is 5.88 Å². The normalized spacial score (nSPS) is 9.94. The van der Waals surface area contributed by atoms with Crippen molar-refractivity contribution in [1.82, 2.24) is 15.0 Å². The molecule has 2 heterocycles. The van der Waals surface area contributed by atoms with Crippen LogP contribution in [0.25, 0.3) is 0 Å². The second-order valence-corrected chi connectivity index (χ2v) is 4.15. The highest BCUT2D eigenvalue weighted by atomic mass is 127. The highest BCUT2D eigenvalue weighted by molar-refractivity contribution is 14.1. The summed E-state index contributed by atoms with van der Waals surface area (Å²) in [5.41, 5.74) is 0.0616. The van der Waals surface area contributed by atoms with Gasteiger partial charge in [0.1, 0.15) is 12.1 Å².